The lowest BCUT2D eigenvalue weighted by Crippen LogP contribution is -2.48. The topological polar surface area (TPSA) is 100 Å². The van der Waals surface area contributed by atoms with E-state index < -0.39 is 21.2 Å². The molecule has 2 heterocycles. The van der Waals surface area contributed by atoms with Crippen molar-refractivity contribution < 1.29 is 18.3 Å². The first-order valence-electron chi connectivity index (χ1n) is 6.08. The maximum Gasteiger partial charge on any atom is 0.356 e. The number of carbonyl (C=O) groups is 1. The van der Waals surface area contributed by atoms with Crippen molar-refractivity contribution in [1.29, 1.82) is 0 Å². The number of carboxylic acid groups (broad SMARTS) is 1. The third-order valence-corrected chi connectivity index (χ3v) is 6.35. The molecule has 0 amide bonds. The average Bonchev–Trinajstić information content (AvgIpc) is 2.47. The fourth-order valence-electron chi connectivity index (χ4n) is 1.93. The van der Waals surface area contributed by atoms with Crippen LogP contribution in [0.15, 0.2) is 12.1 Å². The molecule has 7 nitrogen and oxygen atoms in total. The van der Waals surface area contributed by atoms with E-state index in [1.165, 1.54) is 12.1 Å². The summed E-state index contributed by atoms with van der Waals surface area (Å²) in [6.07, 6.45) is 0. The molecule has 1 aliphatic rings. The van der Waals surface area contributed by atoms with Crippen molar-refractivity contribution in [2.24, 2.45) is 0 Å². The lowest BCUT2D eigenvalue weighted by atomic mass is 10.3. The third-order valence-electron chi connectivity index (χ3n) is 3.07. The normalized spacial score (nSPS) is 19.9. The van der Waals surface area contributed by atoms with Gasteiger partial charge in [-0.05, 0) is 12.1 Å². The highest BCUT2D eigenvalue weighted by Crippen LogP contribution is 2.25. The summed E-state index contributed by atoms with van der Waals surface area (Å²) in [6.45, 7) is 2.17. The predicted molar refractivity (Wildman–Crippen MR) is 76.9 cm³/mol. The Balaban J connectivity index is 2.30. The summed E-state index contributed by atoms with van der Waals surface area (Å²) in [7, 11) is -3.22. The molecule has 1 fully saturated rings. The van der Waals surface area contributed by atoms with Crippen LogP contribution < -0.4 is 4.90 Å². The third kappa shape index (κ3) is 3.04. The second kappa shape index (κ2) is 5.96. The highest BCUT2D eigenvalue weighted by molar-refractivity contribution is 8.01. The zero-order valence-electron chi connectivity index (χ0n) is 10.9. The lowest BCUT2D eigenvalue weighted by Gasteiger charge is -2.35. The summed E-state index contributed by atoms with van der Waals surface area (Å²) in [4.78, 5) is 12.4. The van der Waals surface area contributed by atoms with Crippen molar-refractivity contribution in [3.05, 3.63) is 17.8 Å². The molecule has 1 aromatic rings. The van der Waals surface area contributed by atoms with Gasteiger partial charge in [-0.1, -0.05) is 6.92 Å². The van der Waals surface area contributed by atoms with E-state index >= 15 is 0 Å². The highest BCUT2D eigenvalue weighted by atomic mass is 32.2. The van der Waals surface area contributed by atoms with Crippen LogP contribution in [0.1, 0.15) is 17.4 Å². The fraction of sp³-hybridized carbons (Fsp3) is 0.545. The Hall–Kier alpha value is -1.35. The van der Waals surface area contributed by atoms with Crippen molar-refractivity contribution in [2.75, 3.05) is 28.7 Å². The predicted octanol–water partition coefficient (Wildman–Crippen LogP) is 0.489. The number of aromatic nitrogens is 2. The van der Waals surface area contributed by atoms with E-state index in [4.69, 9.17) is 5.11 Å². The molecule has 20 heavy (non-hydrogen) atoms. The summed E-state index contributed by atoms with van der Waals surface area (Å²) in [5, 5.41) is 15.6. The van der Waals surface area contributed by atoms with Crippen LogP contribution >= 0.6 is 11.8 Å². The number of carboxylic acids is 1. The minimum atomic E-state index is -3.22. The molecule has 2 rings (SSSR count). The van der Waals surface area contributed by atoms with Gasteiger partial charge >= 0.3 is 5.97 Å². The molecule has 1 aromatic heterocycles. The van der Waals surface area contributed by atoms with E-state index in [0.717, 1.165) is 5.75 Å². The van der Waals surface area contributed by atoms with Gasteiger partial charge in [-0.15, -0.1) is 10.2 Å². The zero-order valence-corrected chi connectivity index (χ0v) is 12.5. The highest BCUT2D eigenvalue weighted by Gasteiger charge is 2.33. The molecule has 1 N–H and O–H groups in total. The summed E-state index contributed by atoms with van der Waals surface area (Å²) >= 11 is 1.59. The lowest BCUT2D eigenvalue weighted by molar-refractivity contribution is 0.0689. The Morgan fingerprint density at radius 1 is 1.50 bits per heavy atom. The summed E-state index contributed by atoms with van der Waals surface area (Å²) in [5.74, 6) is 0.597. The van der Waals surface area contributed by atoms with Crippen LogP contribution in [0.25, 0.3) is 0 Å². The first kappa shape index (κ1) is 15.0. The number of thioether (sulfide) groups is 1. The maximum atomic E-state index is 12.1. The number of rotatable bonds is 4. The molecule has 1 saturated heterocycles. The van der Waals surface area contributed by atoms with Crippen LogP contribution in [0, 0.1) is 0 Å². The largest absolute Gasteiger partial charge is 0.476 e. The van der Waals surface area contributed by atoms with E-state index in [1.807, 2.05) is 0 Å². The van der Waals surface area contributed by atoms with Crippen LogP contribution in [-0.2, 0) is 9.84 Å². The summed E-state index contributed by atoms with van der Waals surface area (Å²) in [6, 6.07) is 2.84. The van der Waals surface area contributed by atoms with Gasteiger partial charge in [0.25, 0.3) is 0 Å². The van der Waals surface area contributed by atoms with E-state index in [9.17, 15) is 13.2 Å². The Morgan fingerprint density at radius 3 is 2.80 bits per heavy atom. The minimum absolute atomic E-state index is 0.0648. The van der Waals surface area contributed by atoms with Gasteiger partial charge in [0.1, 0.15) is 5.37 Å². The van der Waals surface area contributed by atoms with E-state index in [0.29, 0.717) is 18.1 Å². The van der Waals surface area contributed by atoms with Crippen LogP contribution in [0.5, 0.6) is 0 Å². The molecular weight excluding hydrogens is 302 g/mol. The molecule has 0 spiro atoms. The second-order valence-corrected chi connectivity index (χ2v) is 7.85. The van der Waals surface area contributed by atoms with Gasteiger partial charge in [0, 0.05) is 23.8 Å². The van der Waals surface area contributed by atoms with Gasteiger partial charge in [-0.25, -0.2) is 13.2 Å². The molecule has 1 unspecified atom stereocenters. The van der Waals surface area contributed by atoms with Crippen molar-refractivity contribution >= 4 is 33.4 Å². The number of aromatic carboxylic acids is 1. The molecule has 0 aromatic carbocycles. The zero-order chi connectivity index (χ0) is 14.8. The van der Waals surface area contributed by atoms with Gasteiger partial charge in [0.2, 0.25) is 0 Å². The number of hydrogen-bond donors (Lipinski definition) is 1. The van der Waals surface area contributed by atoms with Crippen molar-refractivity contribution in [3.63, 3.8) is 0 Å². The summed E-state index contributed by atoms with van der Waals surface area (Å²) in [5.41, 5.74) is -0.157. The van der Waals surface area contributed by atoms with Crippen molar-refractivity contribution in [1.82, 2.24) is 10.2 Å². The number of sulfone groups is 1. The minimum Gasteiger partial charge on any atom is -0.476 e. The molecule has 0 bridgehead atoms. The molecule has 0 saturated carbocycles. The molecule has 0 aliphatic carbocycles. The average molecular weight is 317 g/mol. The Labute approximate surface area is 121 Å². The standard InChI is InChI=1S/C11H15N3O4S2/c1-2-20(17,18)10-7-19-6-5-14(10)9-4-3-8(11(15)16)12-13-9/h3-4,10H,2,5-7H2,1H3,(H,15,16). The Bertz CT molecular complexity index is 588. The van der Waals surface area contributed by atoms with Crippen LogP contribution in [0.3, 0.4) is 0 Å². The fourth-order valence-corrected chi connectivity index (χ4v) is 4.90. The van der Waals surface area contributed by atoms with Crippen LogP contribution in [0.2, 0.25) is 0 Å². The monoisotopic (exact) mass is 317 g/mol. The molecule has 110 valence electrons. The first-order chi connectivity index (χ1) is 9.45. The molecule has 1 aliphatic heterocycles. The van der Waals surface area contributed by atoms with E-state index in [-0.39, 0.29) is 11.4 Å². The van der Waals surface area contributed by atoms with Crippen molar-refractivity contribution in [3.8, 4) is 0 Å². The number of anilines is 1. The van der Waals surface area contributed by atoms with Gasteiger partial charge in [0.15, 0.2) is 21.3 Å². The Kier molecular flexibility index (Phi) is 4.48. The smallest absolute Gasteiger partial charge is 0.356 e. The molecular formula is C11H15N3O4S2. The number of nitrogens with zero attached hydrogens (tertiary/aromatic N) is 3. The quantitative estimate of drug-likeness (QED) is 0.856. The van der Waals surface area contributed by atoms with E-state index in [2.05, 4.69) is 10.2 Å². The first-order valence-corrected chi connectivity index (χ1v) is 8.95. The maximum absolute atomic E-state index is 12.1. The Morgan fingerprint density at radius 2 is 2.25 bits per heavy atom. The summed E-state index contributed by atoms with van der Waals surface area (Å²) < 4.78 is 24.2. The SMILES string of the molecule is CCS(=O)(=O)C1CSCCN1c1ccc(C(=O)O)nn1. The van der Waals surface area contributed by atoms with Gasteiger partial charge in [0.05, 0.1) is 0 Å². The van der Waals surface area contributed by atoms with Gasteiger partial charge < -0.3 is 10.0 Å². The molecule has 1 atom stereocenters. The van der Waals surface area contributed by atoms with Crippen LogP contribution in [0.4, 0.5) is 5.82 Å². The second-order valence-electron chi connectivity index (χ2n) is 4.26. The molecule has 9 heteroatoms. The van der Waals surface area contributed by atoms with Crippen molar-refractivity contribution in [2.45, 2.75) is 12.3 Å². The van der Waals surface area contributed by atoms with E-state index in [1.54, 1.807) is 23.6 Å². The van der Waals surface area contributed by atoms with Crippen LogP contribution in [-0.4, -0.2) is 58.9 Å². The molecule has 0 radical (unpaired) electrons. The van der Waals surface area contributed by atoms with Gasteiger partial charge in [-0.3, -0.25) is 0 Å². The number of hydrogen-bond acceptors (Lipinski definition) is 7. The van der Waals surface area contributed by atoms with Gasteiger partial charge in [-0.2, -0.15) is 11.8 Å².